The zero-order valence-corrected chi connectivity index (χ0v) is 16.0. The van der Waals surface area contributed by atoms with Crippen LogP contribution in [0.25, 0.3) is 11.3 Å². The Morgan fingerprint density at radius 1 is 1.14 bits per heavy atom. The number of likely N-dealkylation sites (tertiary alicyclic amines) is 1. The second-order valence-electron chi connectivity index (χ2n) is 7.38. The Hall–Kier alpha value is -2.93. The molecule has 4 heterocycles. The molecule has 28 heavy (non-hydrogen) atoms. The molecule has 7 nitrogen and oxygen atoms in total. The third-order valence-electron chi connectivity index (χ3n) is 5.19. The molecule has 144 valence electrons. The van der Waals surface area contributed by atoms with Gasteiger partial charge in [-0.15, -0.1) is 0 Å². The number of hydrogen-bond donors (Lipinski definition) is 0. The summed E-state index contributed by atoms with van der Waals surface area (Å²) < 4.78 is 1.73. The average Bonchev–Trinajstić information content (AvgIpc) is 2.72. The van der Waals surface area contributed by atoms with E-state index in [0.29, 0.717) is 11.6 Å². The summed E-state index contributed by atoms with van der Waals surface area (Å²) in [4.78, 5) is 32.2. The van der Waals surface area contributed by atoms with Crippen LogP contribution in [0.1, 0.15) is 24.2 Å². The van der Waals surface area contributed by atoms with Gasteiger partial charge in [-0.2, -0.15) is 0 Å². The Balaban J connectivity index is 1.34. The van der Waals surface area contributed by atoms with Crippen LogP contribution >= 0.6 is 0 Å². The van der Waals surface area contributed by atoms with Crippen molar-refractivity contribution in [3.05, 3.63) is 71.1 Å². The van der Waals surface area contributed by atoms with Gasteiger partial charge >= 0.3 is 0 Å². The fourth-order valence-electron chi connectivity index (χ4n) is 3.66. The normalized spacial score (nSPS) is 15.6. The van der Waals surface area contributed by atoms with E-state index in [1.54, 1.807) is 35.6 Å². The molecule has 7 heteroatoms. The van der Waals surface area contributed by atoms with E-state index in [4.69, 9.17) is 0 Å². The van der Waals surface area contributed by atoms with Crippen molar-refractivity contribution in [3.8, 4) is 11.3 Å². The zero-order valence-electron chi connectivity index (χ0n) is 16.0. The van der Waals surface area contributed by atoms with E-state index >= 15 is 0 Å². The maximum absolute atomic E-state index is 12.5. The van der Waals surface area contributed by atoms with Crippen LogP contribution in [0.3, 0.4) is 0 Å². The second kappa shape index (κ2) is 8.39. The summed E-state index contributed by atoms with van der Waals surface area (Å²) in [7, 11) is 0. The van der Waals surface area contributed by atoms with Crippen LogP contribution < -0.4 is 5.56 Å². The molecule has 0 saturated carbocycles. The first-order valence-corrected chi connectivity index (χ1v) is 9.64. The highest BCUT2D eigenvalue weighted by Crippen LogP contribution is 2.20. The molecule has 0 N–H and O–H groups in total. The highest BCUT2D eigenvalue weighted by Gasteiger charge is 2.20. The number of nitrogens with zero attached hydrogens (tertiary/aromatic N) is 6. The van der Waals surface area contributed by atoms with Gasteiger partial charge in [-0.1, -0.05) is 0 Å². The lowest BCUT2D eigenvalue weighted by atomic mass is 9.96. The van der Waals surface area contributed by atoms with Crippen LogP contribution in [-0.2, 0) is 13.1 Å². The SMILES string of the molecule is Cc1cncc(CN2CCC(Cn3cnc(-c4cccnc4)cc3=O)CC2)n1. The van der Waals surface area contributed by atoms with E-state index in [1.807, 2.05) is 25.3 Å². The first-order chi connectivity index (χ1) is 13.7. The average molecular weight is 376 g/mol. The molecule has 0 radical (unpaired) electrons. The molecule has 0 bridgehead atoms. The largest absolute Gasteiger partial charge is 0.299 e. The molecule has 3 aromatic heterocycles. The highest BCUT2D eigenvalue weighted by molar-refractivity contribution is 5.56. The monoisotopic (exact) mass is 376 g/mol. The van der Waals surface area contributed by atoms with Crippen LogP contribution in [0.5, 0.6) is 0 Å². The number of rotatable bonds is 5. The smallest absolute Gasteiger partial charge is 0.253 e. The lowest BCUT2D eigenvalue weighted by molar-refractivity contribution is 0.164. The Kier molecular flexibility index (Phi) is 5.53. The molecule has 1 fully saturated rings. The van der Waals surface area contributed by atoms with Gasteiger partial charge in [0, 0.05) is 49.5 Å². The molecule has 4 rings (SSSR count). The van der Waals surface area contributed by atoms with Crippen LogP contribution in [0.4, 0.5) is 0 Å². The lowest BCUT2D eigenvalue weighted by Crippen LogP contribution is -2.36. The summed E-state index contributed by atoms with van der Waals surface area (Å²) >= 11 is 0. The van der Waals surface area contributed by atoms with Crippen LogP contribution in [-0.4, -0.2) is 42.5 Å². The molecule has 1 aliphatic rings. The molecule has 1 saturated heterocycles. The summed E-state index contributed by atoms with van der Waals surface area (Å²) in [6.45, 7) is 5.54. The van der Waals surface area contributed by atoms with Crippen molar-refractivity contribution in [1.82, 2.24) is 29.4 Å². The molecular weight excluding hydrogens is 352 g/mol. The molecule has 0 spiro atoms. The van der Waals surface area contributed by atoms with Gasteiger partial charge in [0.25, 0.3) is 5.56 Å². The number of hydrogen-bond acceptors (Lipinski definition) is 6. The summed E-state index contributed by atoms with van der Waals surface area (Å²) in [6.07, 6.45) is 10.9. The lowest BCUT2D eigenvalue weighted by Gasteiger charge is -2.31. The first kappa shape index (κ1) is 18.4. The standard InChI is InChI=1S/C21H24N6O/c1-16-10-23-12-19(25-16)14-26-7-4-17(5-8-26)13-27-15-24-20(9-21(27)28)18-3-2-6-22-11-18/h2-3,6,9-12,15,17H,4-5,7-8,13-14H2,1H3. The summed E-state index contributed by atoms with van der Waals surface area (Å²) in [6, 6.07) is 5.36. The second-order valence-corrected chi connectivity index (χ2v) is 7.38. The maximum Gasteiger partial charge on any atom is 0.253 e. The summed E-state index contributed by atoms with van der Waals surface area (Å²) in [5.41, 5.74) is 3.49. The predicted molar refractivity (Wildman–Crippen MR) is 106 cm³/mol. The van der Waals surface area contributed by atoms with Crippen molar-refractivity contribution in [1.29, 1.82) is 0 Å². The first-order valence-electron chi connectivity index (χ1n) is 9.64. The Morgan fingerprint density at radius 3 is 2.71 bits per heavy atom. The molecule has 0 atom stereocenters. The number of pyridine rings is 1. The van der Waals surface area contributed by atoms with E-state index in [1.165, 1.54) is 0 Å². The molecule has 3 aromatic rings. The van der Waals surface area contributed by atoms with Crippen molar-refractivity contribution < 1.29 is 0 Å². The summed E-state index contributed by atoms with van der Waals surface area (Å²) in [5.74, 6) is 0.489. The molecular formula is C21H24N6O. The summed E-state index contributed by atoms with van der Waals surface area (Å²) in [5, 5.41) is 0. The van der Waals surface area contributed by atoms with Crippen molar-refractivity contribution in [3.63, 3.8) is 0 Å². The van der Waals surface area contributed by atoms with Gasteiger partial charge in [0.05, 0.1) is 23.4 Å². The van der Waals surface area contributed by atoms with Crippen molar-refractivity contribution in [2.24, 2.45) is 5.92 Å². The van der Waals surface area contributed by atoms with Gasteiger partial charge in [0.15, 0.2) is 0 Å². The van der Waals surface area contributed by atoms with Gasteiger partial charge in [-0.3, -0.25) is 29.2 Å². The van der Waals surface area contributed by atoms with Crippen molar-refractivity contribution in [2.45, 2.75) is 32.9 Å². The van der Waals surface area contributed by atoms with Gasteiger partial charge in [0.2, 0.25) is 0 Å². The zero-order chi connectivity index (χ0) is 19.3. The third-order valence-corrected chi connectivity index (χ3v) is 5.19. The number of piperidine rings is 1. The fourth-order valence-corrected chi connectivity index (χ4v) is 3.66. The Labute approximate surface area is 164 Å². The number of aryl methyl sites for hydroxylation is 1. The highest BCUT2D eigenvalue weighted by atomic mass is 16.1. The molecule has 0 aliphatic carbocycles. The molecule has 0 amide bonds. The fraction of sp³-hybridized carbons (Fsp3) is 0.381. The predicted octanol–water partition coefficient (Wildman–Crippen LogP) is 2.32. The molecule has 0 unspecified atom stereocenters. The van der Waals surface area contributed by atoms with Gasteiger partial charge in [0.1, 0.15) is 0 Å². The third kappa shape index (κ3) is 4.48. The van der Waals surface area contributed by atoms with Crippen molar-refractivity contribution >= 4 is 0 Å². The van der Waals surface area contributed by atoms with Gasteiger partial charge in [-0.05, 0) is 50.9 Å². The molecule has 0 aromatic carbocycles. The quantitative estimate of drug-likeness (QED) is 0.680. The van der Waals surface area contributed by atoms with Gasteiger partial charge in [-0.25, -0.2) is 4.98 Å². The van der Waals surface area contributed by atoms with Crippen molar-refractivity contribution in [2.75, 3.05) is 13.1 Å². The Bertz CT molecular complexity index is 979. The van der Waals surface area contributed by atoms with Crippen LogP contribution in [0, 0.1) is 12.8 Å². The minimum atomic E-state index is -0.00804. The van der Waals surface area contributed by atoms with Crippen LogP contribution in [0.15, 0.2) is 54.1 Å². The minimum Gasteiger partial charge on any atom is -0.299 e. The van der Waals surface area contributed by atoms with E-state index in [0.717, 1.165) is 56.0 Å². The van der Waals surface area contributed by atoms with E-state index < -0.39 is 0 Å². The topological polar surface area (TPSA) is 76.8 Å². The van der Waals surface area contributed by atoms with Gasteiger partial charge < -0.3 is 0 Å². The maximum atomic E-state index is 12.5. The Morgan fingerprint density at radius 2 is 2.00 bits per heavy atom. The minimum absolute atomic E-state index is 0.00804. The van der Waals surface area contributed by atoms with E-state index in [9.17, 15) is 4.79 Å². The number of aromatic nitrogens is 5. The molecule has 1 aliphatic heterocycles. The van der Waals surface area contributed by atoms with E-state index in [-0.39, 0.29) is 5.56 Å². The van der Waals surface area contributed by atoms with E-state index in [2.05, 4.69) is 24.8 Å². The van der Waals surface area contributed by atoms with Crippen LogP contribution in [0.2, 0.25) is 0 Å².